The highest BCUT2D eigenvalue weighted by molar-refractivity contribution is 6.01. The number of ether oxygens (including phenoxy) is 2. The number of benzene rings is 2. The average Bonchev–Trinajstić information content (AvgIpc) is 3.54. The van der Waals surface area contributed by atoms with Crippen molar-refractivity contribution in [1.82, 2.24) is 24.0 Å². The van der Waals surface area contributed by atoms with Gasteiger partial charge in [-0.05, 0) is 36.8 Å². The number of aryl methyl sites for hydroxylation is 1. The Balaban J connectivity index is 1.39. The summed E-state index contributed by atoms with van der Waals surface area (Å²) >= 11 is 0. The molecule has 0 saturated carbocycles. The number of fused-ring (bicyclic) bond motifs is 2. The highest BCUT2D eigenvalue weighted by Gasteiger charge is 2.29. The Morgan fingerprint density at radius 3 is 2.83 bits per heavy atom. The first-order valence-corrected chi connectivity index (χ1v) is 13.6. The summed E-state index contributed by atoms with van der Waals surface area (Å²) in [6.45, 7) is 1.50. The Morgan fingerprint density at radius 1 is 1.19 bits per heavy atom. The van der Waals surface area contributed by atoms with E-state index in [1.165, 1.54) is 17.2 Å². The lowest BCUT2D eigenvalue weighted by Crippen LogP contribution is -2.33. The number of rotatable bonds is 10. The number of anilines is 1. The first-order chi connectivity index (χ1) is 20.4. The van der Waals surface area contributed by atoms with Gasteiger partial charge in [-0.1, -0.05) is 6.07 Å². The number of nitrogens with one attached hydrogen (secondary N) is 1. The Morgan fingerprint density at radius 2 is 2.07 bits per heavy atom. The summed E-state index contributed by atoms with van der Waals surface area (Å²) in [7, 11) is 3.18. The van der Waals surface area contributed by atoms with Gasteiger partial charge in [0.1, 0.15) is 22.5 Å². The van der Waals surface area contributed by atoms with Crippen LogP contribution in [-0.4, -0.2) is 57.2 Å². The summed E-state index contributed by atoms with van der Waals surface area (Å²) in [4.78, 5) is 37.1. The zero-order chi connectivity index (χ0) is 29.2. The van der Waals surface area contributed by atoms with Gasteiger partial charge in [0, 0.05) is 69.7 Å². The van der Waals surface area contributed by atoms with Gasteiger partial charge in [0.05, 0.1) is 24.5 Å². The smallest absolute Gasteiger partial charge is 0.259 e. The van der Waals surface area contributed by atoms with Crippen molar-refractivity contribution in [2.75, 3.05) is 32.6 Å². The molecule has 214 valence electrons. The van der Waals surface area contributed by atoms with Crippen molar-refractivity contribution >= 4 is 22.5 Å². The molecule has 10 nitrogen and oxygen atoms in total. The van der Waals surface area contributed by atoms with Crippen LogP contribution in [-0.2, 0) is 13.0 Å². The molecule has 4 heterocycles. The average molecular weight is 569 g/mol. The van der Waals surface area contributed by atoms with E-state index in [-0.39, 0.29) is 22.4 Å². The maximum absolute atomic E-state index is 15.7. The lowest BCUT2D eigenvalue weighted by Gasteiger charge is -2.27. The van der Waals surface area contributed by atoms with Gasteiger partial charge in [-0.25, -0.2) is 9.37 Å². The molecule has 1 N–H and O–H groups in total. The predicted octanol–water partition coefficient (Wildman–Crippen LogP) is 4.65. The van der Waals surface area contributed by atoms with E-state index in [1.54, 1.807) is 55.6 Å². The van der Waals surface area contributed by atoms with Crippen LogP contribution in [0, 0.1) is 5.82 Å². The summed E-state index contributed by atoms with van der Waals surface area (Å²) in [5.41, 5.74) is 1.31. The minimum Gasteiger partial charge on any atom is -0.497 e. The maximum Gasteiger partial charge on any atom is 0.259 e. The standard InChI is InChI=1S/C31H29FN6O4/c1-36(14-9-20-6-3-4-10-34-20)31(40)23-18-38-25-8-7-21(41-2)16-26(25)42-30-27(24(32)17-22(28(30)38)29(23)39)35-11-5-13-37-15-12-33-19-37/h3-4,6-8,10,12,15-19,35H,5,9,11,13-14H2,1-2H3. The number of carbonyl (C=O) groups is 1. The van der Waals surface area contributed by atoms with Gasteiger partial charge < -0.3 is 28.8 Å². The van der Waals surface area contributed by atoms with Crippen LogP contribution in [0.2, 0.25) is 0 Å². The number of pyridine rings is 2. The molecule has 1 amide bonds. The number of hydrogen-bond donors (Lipinski definition) is 1. The summed E-state index contributed by atoms with van der Waals surface area (Å²) < 4.78 is 31.0. The van der Waals surface area contributed by atoms with Crippen LogP contribution in [0.1, 0.15) is 22.5 Å². The lowest BCUT2D eigenvalue weighted by atomic mass is 10.1. The number of aromatic nitrogens is 4. The van der Waals surface area contributed by atoms with E-state index >= 15 is 4.39 Å². The zero-order valence-electron chi connectivity index (χ0n) is 23.2. The quantitative estimate of drug-likeness (QED) is 0.240. The topological polar surface area (TPSA) is 104 Å². The molecule has 0 fully saturated rings. The highest BCUT2D eigenvalue weighted by atomic mass is 19.1. The molecule has 0 atom stereocenters. The van der Waals surface area contributed by atoms with Crippen molar-refractivity contribution < 1.29 is 18.7 Å². The minimum absolute atomic E-state index is 0.0527. The van der Waals surface area contributed by atoms with Gasteiger partial charge in [0.2, 0.25) is 5.43 Å². The molecule has 1 aliphatic heterocycles. The van der Waals surface area contributed by atoms with E-state index < -0.39 is 17.2 Å². The molecule has 0 bridgehead atoms. The molecule has 0 aliphatic carbocycles. The molecule has 5 aromatic rings. The van der Waals surface area contributed by atoms with Crippen molar-refractivity contribution in [2.45, 2.75) is 19.4 Å². The number of hydrogen-bond acceptors (Lipinski definition) is 7. The molecule has 3 aromatic heterocycles. The van der Waals surface area contributed by atoms with Gasteiger partial charge in [-0.2, -0.15) is 0 Å². The first kappa shape index (κ1) is 27.0. The van der Waals surface area contributed by atoms with Crippen LogP contribution in [0.15, 0.2) is 78.4 Å². The van der Waals surface area contributed by atoms with Crippen LogP contribution < -0.4 is 20.2 Å². The van der Waals surface area contributed by atoms with E-state index in [1.807, 2.05) is 29.0 Å². The summed E-state index contributed by atoms with van der Waals surface area (Å²) in [6.07, 6.45) is 9.72. The predicted molar refractivity (Wildman–Crippen MR) is 156 cm³/mol. The number of carbonyl (C=O) groups excluding carboxylic acids is 1. The molecule has 42 heavy (non-hydrogen) atoms. The minimum atomic E-state index is -0.650. The Bertz CT molecular complexity index is 1820. The van der Waals surface area contributed by atoms with E-state index in [0.717, 1.165) is 5.69 Å². The van der Waals surface area contributed by atoms with Gasteiger partial charge in [-0.15, -0.1) is 0 Å². The fourth-order valence-electron chi connectivity index (χ4n) is 5.07. The summed E-state index contributed by atoms with van der Waals surface area (Å²) in [6, 6.07) is 12.0. The van der Waals surface area contributed by atoms with Gasteiger partial charge >= 0.3 is 0 Å². The molecule has 0 radical (unpaired) electrons. The summed E-state index contributed by atoms with van der Waals surface area (Å²) in [5, 5.41) is 3.21. The van der Waals surface area contributed by atoms with Crippen molar-refractivity contribution in [2.24, 2.45) is 0 Å². The van der Waals surface area contributed by atoms with E-state index in [9.17, 15) is 9.59 Å². The van der Waals surface area contributed by atoms with Crippen molar-refractivity contribution in [3.63, 3.8) is 0 Å². The Hall–Kier alpha value is -5.19. The molecular weight excluding hydrogens is 539 g/mol. The molecule has 11 heteroatoms. The molecule has 0 spiro atoms. The van der Waals surface area contributed by atoms with Crippen molar-refractivity contribution in [3.8, 4) is 22.9 Å². The van der Waals surface area contributed by atoms with Crippen LogP contribution in [0.4, 0.5) is 10.1 Å². The molecule has 0 unspecified atom stereocenters. The number of methoxy groups -OCH3 is 1. The molecule has 6 rings (SSSR count). The second-order valence-corrected chi connectivity index (χ2v) is 10.0. The number of halogens is 1. The van der Waals surface area contributed by atoms with Crippen molar-refractivity contribution in [3.05, 3.63) is 101 Å². The fraction of sp³-hybridized carbons (Fsp3) is 0.226. The second-order valence-electron chi connectivity index (χ2n) is 10.0. The third-order valence-electron chi connectivity index (χ3n) is 7.29. The van der Waals surface area contributed by atoms with Crippen LogP contribution in [0.25, 0.3) is 16.6 Å². The number of likely N-dealkylation sites (N-methyl/N-ethyl adjacent to an activating group) is 1. The van der Waals surface area contributed by atoms with E-state index in [2.05, 4.69) is 15.3 Å². The molecular formula is C31H29FN6O4. The number of imidazole rings is 1. The first-order valence-electron chi connectivity index (χ1n) is 13.6. The van der Waals surface area contributed by atoms with E-state index in [4.69, 9.17) is 9.47 Å². The maximum atomic E-state index is 15.7. The van der Waals surface area contributed by atoms with Crippen LogP contribution in [0.5, 0.6) is 17.2 Å². The fourth-order valence-corrected chi connectivity index (χ4v) is 5.07. The highest BCUT2D eigenvalue weighted by Crippen LogP contribution is 2.46. The van der Waals surface area contributed by atoms with Crippen molar-refractivity contribution in [1.29, 1.82) is 0 Å². The van der Waals surface area contributed by atoms with Crippen LogP contribution >= 0.6 is 0 Å². The second kappa shape index (κ2) is 11.4. The Kier molecular flexibility index (Phi) is 7.30. The lowest BCUT2D eigenvalue weighted by molar-refractivity contribution is 0.0794. The third-order valence-corrected chi connectivity index (χ3v) is 7.29. The zero-order valence-corrected chi connectivity index (χ0v) is 23.2. The van der Waals surface area contributed by atoms with E-state index in [0.29, 0.717) is 55.2 Å². The van der Waals surface area contributed by atoms with Gasteiger partial charge in [0.25, 0.3) is 5.91 Å². The largest absolute Gasteiger partial charge is 0.497 e. The normalized spacial score (nSPS) is 11.6. The Labute approximate surface area is 241 Å². The number of nitrogens with zero attached hydrogens (tertiary/aromatic N) is 5. The SMILES string of the molecule is COc1ccc2c(c1)Oc1c(NCCCn3ccnc3)c(F)cc3c(=O)c(C(=O)N(C)CCc4ccccn4)cn-2c13. The molecule has 1 aliphatic rings. The summed E-state index contributed by atoms with van der Waals surface area (Å²) in [5.74, 6) is 0.00933. The monoisotopic (exact) mass is 568 g/mol. The van der Waals surface area contributed by atoms with Gasteiger partial charge in [-0.3, -0.25) is 14.6 Å². The van der Waals surface area contributed by atoms with Crippen LogP contribution in [0.3, 0.4) is 0 Å². The molecule has 0 saturated heterocycles. The third kappa shape index (κ3) is 5.05. The van der Waals surface area contributed by atoms with Gasteiger partial charge in [0.15, 0.2) is 17.3 Å². The number of amides is 1. The molecule has 2 aromatic carbocycles.